The van der Waals surface area contributed by atoms with E-state index in [0.29, 0.717) is 16.4 Å². The van der Waals surface area contributed by atoms with Crippen LogP contribution in [0.25, 0.3) is 16.8 Å². The summed E-state index contributed by atoms with van der Waals surface area (Å²) in [6, 6.07) is 12.6. The molecule has 2 aromatic heterocycles. The molecule has 0 spiro atoms. The van der Waals surface area contributed by atoms with Gasteiger partial charge in [0, 0.05) is 12.3 Å². The fraction of sp³-hybridized carbons (Fsp3) is 0.111. The monoisotopic (exact) mass is 326 g/mol. The van der Waals surface area contributed by atoms with Gasteiger partial charge in [0.1, 0.15) is 11.4 Å². The molecular formula is C18H15ClN2O2. The Morgan fingerprint density at radius 1 is 1.26 bits per heavy atom. The maximum absolute atomic E-state index is 12.2. The number of rotatable bonds is 3. The second kappa shape index (κ2) is 6.26. The molecule has 0 unspecified atom stereocenters. The zero-order valence-corrected chi connectivity index (χ0v) is 13.5. The largest absolute Gasteiger partial charge is 0.497 e. The van der Waals surface area contributed by atoms with Crippen molar-refractivity contribution in [1.29, 1.82) is 0 Å². The van der Waals surface area contributed by atoms with Gasteiger partial charge >= 0.3 is 0 Å². The Morgan fingerprint density at radius 2 is 2.09 bits per heavy atom. The first-order valence-corrected chi connectivity index (χ1v) is 7.46. The molecular weight excluding hydrogens is 312 g/mol. The zero-order valence-electron chi connectivity index (χ0n) is 12.8. The van der Waals surface area contributed by atoms with Crippen LogP contribution < -0.4 is 10.3 Å². The van der Waals surface area contributed by atoms with Crippen molar-refractivity contribution in [3.05, 3.63) is 75.8 Å². The summed E-state index contributed by atoms with van der Waals surface area (Å²) in [5.74, 6) is 0.741. The zero-order chi connectivity index (χ0) is 16.4. The van der Waals surface area contributed by atoms with Gasteiger partial charge < -0.3 is 4.74 Å². The first kappa shape index (κ1) is 15.3. The number of nitrogens with zero attached hydrogens (tertiary/aromatic N) is 2. The van der Waals surface area contributed by atoms with Gasteiger partial charge in [-0.2, -0.15) is 0 Å². The van der Waals surface area contributed by atoms with Crippen LogP contribution in [0.3, 0.4) is 0 Å². The van der Waals surface area contributed by atoms with E-state index in [1.807, 2.05) is 37.3 Å². The van der Waals surface area contributed by atoms with Crippen molar-refractivity contribution in [3.8, 4) is 5.75 Å². The van der Waals surface area contributed by atoms with Crippen LogP contribution in [0.5, 0.6) is 5.75 Å². The van der Waals surface area contributed by atoms with Gasteiger partial charge in [-0.3, -0.25) is 9.20 Å². The minimum absolute atomic E-state index is 0.161. The van der Waals surface area contributed by atoms with E-state index in [4.69, 9.17) is 16.3 Å². The molecule has 0 radical (unpaired) electrons. The Morgan fingerprint density at radius 3 is 2.87 bits per heavy atom. The van der Waals surface area contributed by atoms with E-state index in [0.717, 1.165) is 16.9 Å². The van der Waals surface area contributed by atoms with Crippen LogP contribution in [-0.4, -0.2) is 16.5 Å². The summed E-state index contributed by atoms with van der Waals surface area (Å²) in [7, 11) is 1.61. The molecule has 1 aromatic carbocycles. The number of aryl methyl sites for hydroxylation is 1. The van der Waals surface area contributed by atoms with Gasteiger partial charge in [0.25, 0.3) is 5.56 Å². The number of ether oxygens (including phenoxy) is 1. The lowest BCUT2D eigenvalue weighted by Gasteiger charge is -2.05. The Bertz CT molecular complexity index is 961. The minimum atomic E-state index is -0.161. The summed E-state index contributed by atoms with van der Waals surface area (Å²) in [5, 5.41) is 0.401. The normalized spacial score (nSPS) is 11.7. The SMILES string of the molecule is COc1cccc(/C=C(\Cl)c2cc(=O)n3cc(C)ccc3n2)c1. The summed E-state index contributed by atoms with van der Waals surface area (Å²) in [6.45, 7) is 1.93. The van der Waals surface area contributed by atoms with E-state index in [-0.39, 0.29) is 5.56 Å². The maximum Gasteiger partial charge on any atom is 0.258 e. The molecule has 2 heterocycles. The van der Waals surface area contributed by atoms with E-state index in [2.05, 4.69) is 4.98 Å². The molecule has 0 aliphatic heterocycles. The summed E-state index contributed by atoms with van der Waals surface area (Å²) in [6.07, 6.45) is 3.52. The van der Waals surface area contributed by atoms with E-state index in [9.17, 15) is 4.79 Å². The van der Waals surface area contributed by atoms with Gasteiger partial charge in [-0.1, -0.05) is 29.8 Å². The molecule has 0 saturated carbocycles. The first-order chi connectivity index (χ1) is 11.1. The Balaban J connectivity index is 2.06. The number of halogens is 1. The number of aromatic nitrogens is 2. The number of fused-ring (bicyclic) bond motifs is 1. The molecule has 5 heteroatoms. The predicted molar refractivity (Wildman–Crippen MR) is 92.9 cm³/mol. The molecule has 0 N–H and O–H groups in total. The van der Waals surface area contributed by atoms with Gasteiger partial charge in [-0.25, -0.2) is 4.98 Å². The van der Waals surface area contributed by atoms with Crippen molar-refractivity contribution in [2.24, 2.45) is 0 Å². The van der Waals surface area contributed by atoms with E-state index < -0.39 is 0 Å². The average molecular weight is 327 g/mol. The number of pyridine rings is 1. The average Bonchev–Trinajstić information content (AvgIpc) is 2.55. The molecule has 0 amide bonds. The maximum atomic E-state index is 12.2. The lowest BCUT2D eigenvalue weighted by atomic mass is 10.2. The smallest absolute Gasteiger partial charge is 0.258 e. The summed E-state index contributed by atoms with van der Waals surface area (Å²) >= 11 is 6.35. The van der Waals surface area contributed by atoms with Crippen molar-refractivity contribution >= 4 is 28.4 Å². The fourth-order valence-corrected chi connectivity index (χ4v) is 2.51. The molecule has 4 nitrogen and oxygen atoms in total. The second-order valence-corrected chi connectivity index (χ2v) is 5.59. The standard InChI is InChI=1S/C18H15ClN2O2/c1-12-6-7-17-20-16(10-18(22)21(17)11-12)15(19)9-13-4-3-5-14(8-13)23-2/h3-11H,1-2H3/b15-9-. The molecule has 0 saturated heterocycles. The third-order valence-corrected chi connectivity index (χ3v) is 3.74. The summed E-state index contributed by atoms with van der Waals surface area (Å²) < 4.78 is 6.70. The van der Waals surface area contributed by atoms with E-state index in [1.165, 1.54) is 10.5 Å². The topological polar surface area (TPSA) is 43.6 Å². The molecule has 0 bridgehead atoms. The Labute approximate surface area is 138 Å². The quantitative estimate of drug-likeness (QED) is 0.736. The minimum Gasteiger partial charge on any atom is -0.497 e. The third-order valence-electron chi connectivity index (χ3n) is 3.44. The van der Waals surface area contributed by atoms with E-state index >= 15 is 0 Å². The van der Waals surface area contributed by atoms with Gasteiger partial charge in [0.05, 0.1) is 17.8 Å². The van der Waals surface area contributed by atoms with Crippen molar-refractivity contribution in [2.45, 2.75) is 6.92 Å². The summed E-state index contributed by atoms with van der Waals surface area (Å²) in [4.78, 5) is 16.7. The van der Waals surface area contributed by atoms with Crippen molar-refractivity contribution in [1.82, 2.24) is 9.38 Å². The van der Waals surface area contributed by atoms with Crippen LogP contribution in [0.2, 0.25) is 0 Å². The van der Waals surface area contributed by atoms with Crippen LogP contribution in [-0.2, 0) is 0 Å². The lowest BCUT2D eigenvalue weighted by Crippen LogP contribution is -2.15. The molecule has 0 fully saturated rings. The van der Waals surface area contributed by atoms with Crippen LogP contribution >= 0.6 is 11.6 Å². The lowest BCUT2D eigenvalue weighted by molar-refractivity contribution is 0.414. The van der Waals surface area contributed by atoms with Crippen LogP contribution in [0.15, 0.2) is 53.5 Å². The van der Waals surface area contributed by atoms with Crippen molar-refractivity contribution < 1.29 is 4.74 Å². The highest BCUT2D eigenvalue weighted by molar-refractivity contribution is 6.51. The first-order valence-electron chi connectivity index (χ1n) is 7.08. The van der Waals surface area contributed by atoms with Crippen LogP contribution in [0.1, 0.15) is 16.8 Å². The van der Waals surface area contributed by atoms with Gasteiger partial charge in [-0.15, -0.1) is 0 Å². The Hall–Kier alpha value is -2.59. The molecule has 0 aliphatic rings. The summed E-state index contributed by atoms with van der Waals surface area (Å²) in [5.41, 5.74) is 2.72. The molecule has 3 rings (SSSR count). The molecule has 3 aromatic rings. The highest BCUT2D eigenvalue weighted by atomic mass is 35.5. The highest BCUT2D eigenvalue weighted by Crippen LogP contribution is 2.22. The van der Waals surface area contributed by atoms with Crippen molar-refractivity contribution in [2.75, 3.05) is 7.11 Å². The number of methoxy groups -OCH3 is 1. The van der Waals surface area contributed by atoms with Crippen LogP contribution in [0.4, 0.5) is 0 Å². The fourth-order valence-electron chi connectivity index (χ4n) is 2.28. The number of benzene rings is 1. The molecule has 23 heavy (non-hydrogen) atoms. The number of hydrogen-bond donors (Lipinski definition) is 0. The van der Waals surface area contributed by atoms with Crippen LogP contribution in [0, 0.1) is 6.92 Å². The van der Waals surface area contributed by atoms with Gasteiger partial charge in [0.2, 0.25) is 0 Å². The van der Waals surface area contributed by atoms with E-state index in [1.54, 1.807) is 25.4 Å². The van der Waals surface area contributed by atoms with Gasteiger partial charge in [0.15, 0.2) is 0 Å². The third kappa shape index (κ3) is 3.27. The molecule has 0 aliphatic carbocycles. The molecule has 116 valence electrons. The van der Waals surface area contributed by atoms with Crippen molar-refractivity contribution in [3.63, 3.8) is 0 Å². The number of hydrogen-bond acceptors (Lipinski definition) is 3. The highest BCUT2D eigenvalue weighted by Gasteiger charge is 2.06. The Kier molecular flexibility index (Phi) is 4.17. The van der Waals surface area contributed by atoms with Gasteiger partial charge in [-0.05, 0) is 42.3 Å². The molecule has 0 atom stereocenters. The second-order valence-electron chi connectivity index (χ2n) is 5.18. The predicted octanol–water partition coefficient (Wildman–Crippen LogP) is 3.75.